The summed E-state index contributed by atoms with van der Waals surface area (Å²) in [6.45, 7) is 2.05. The largest absolute Gasteiger partial charge is 0.310 e. The monoisotopic (exact) mass is 315 g/mol. The maximum atomic E-state index is 10.9. The number of benzene rings is 3. The standard InChI is InChI=1S/C21H17NO2/c1-16-3-2-4-21(13-16)22(19-9-5-17(14-23)6-10-19)20-11-7-18(15-24)8-12-20/h2-15H,1H3. The Balaban J connectivity index is 2.11. The van der Waals surface area contributed by atoms with E-state index in [1.54, 1.807) is 24.3 Å². The lowest BCUT2D eigenvalue weighted by molar-refractivity contribution is 0.111. The van der Waals surface area contributed by atoms with Crippen LogP contribution in [0.25, 0.3) is 0 Å². The molecule has 0 spiro atoms. The van der Waals surface area contributed by atoms with Gasteiger partial charge in [0.2, 0.25) is 0 Å². The van der Waals surface area contributed by atoms with Gasteiger partial charge in [0.1, 0.15) is 12.6 Å². The van der Waals surface area contributed by atoms with Crippen LogP contribution in [-0.2, 0) is 0 Å². The molecule has 0 atom stereocenters. The van der Waals surface area contributed by atoms with Crippen LogP contribution < -0.4 is 4.90 Å². The molecule has 24 heavy (non-hydrogen) atoms. The fraction of sp³-hybridized carbons (Fsp3) is 0.0476. The Kier molecular flexibility index (Phi) is 4.52. The van der Waals surface area contributed by atoms with Crippen LogP contribution in [0.3, 0.4) is 0 Å². The molecule has 0 aliphatic heterocycles. The van der Waals surface area contributed by atoms with Gasteiger partial charge in [-0.15, -0.1) is 0 Å². The van der Waals surface area contributed by atoms with Gasteiger partial charge in [0, 0.05) is 28.2 Å². The zero-order valence-corrected chi connectivity index (χ0v) is 13.3. The van der Waals surface area contributed by atoms with Crippen LogP contribution in [0.2, 0.25) is 0 Å². The topological polar surface area (TPSA) is 37.4 Å². The van der Waals surface area contributed by atoms with Crippen molar-refractivity contribution in [3.05, 3.63) is 89.5 Å². The zero-order valence-electron chi connectivity index (χ0n) is 13.3. The van der Waals surface area contributed by atoms with Crippen molar-refractivity contribution in [2.24, 2.45) is 0 Å². The highest BCUT2D eigenvalue weighted by atomic mass is 16.1. The quantitative estimate of drug-likeness (QED) is 0.615. The van der Waals surface area contributed by atoms with Gasteiger partial charge in [0.15, 0.2) is 0 Å². The number of hydrogen-bond donors (Lipinski definition) is 0. The highest BCUT2D eigenvalue weighted by Gasteiger charge is 2.12. The Bertz CT molecular complexity index is 800. The van der Waals surface area contributed by atoms with Gasteiger partial charge in [0.25, 0.3) is 0 Å². The number of rotatable bonds is 5. The first-order valence-corrected chi connectivity index (χ1v) is 7.68. The van der Waals surface area contributed by atoms with Crippen molar-refractivity contribution < 1.29 is 9.59 Å². The summed E-state index contributed by atoms with van der Waals surface area (Å²) in [5.74, 6) is 0. The summed E-state index contributed by atoms with van der Waals surface area (Å²) in [6, 6.07) is 23.0. The van der Waals surface area contributed by atoms with Gasteiger partial charge in [-0.3, -0.25) is 9.59 Å². The maximum Gasteiger partial charge on any atom is 0.150 e. The molecule has 3 aromatic carbocycles. The average molecular weight is 315 g/mol. The molecule has 0 N–H and O–H groups in total. The molecule has 0 saturated carbocycles. The summed E-state index contributed by atoms with van der Waals surface area (Å²) in [7, 11) is 0. The van der Waals surface area contributed by atoms with Gasteiger partial charge in [-0.2, -0.15) is 0 Å². The lowest BCUT2D eigenvalue weighted by Crippen LogP contribution is -2.10. The Morgan fingerprint density at radius 1 is 0.667 bits per heavy atom. The van der Waals surface area contributed by atoms with E-state index in [2.05, 4.69) is 11.0 Å². The lowest BCUT2D eigenvalue weighted by atomic mass is 10.1. The molecule has 0 saturated heterocycles. The van der Waals surface area contributed by atoms with Crippen molar-refractivity contribution >= 4 is 29.6 Å². The van der Waals surface area contributed by atoms with Gasteiger partial charge in [-0.1, -0.05) is 12.1 Å². The molecule has 3 nitrogen and oxygen atoms in total. The number of anilines is 3. The van der Waals surface area contributed by atoms with Gasteiger partial charge < -0.3 is 4.90 Å². The summed E-state index contributed by atoms with van der Waals surface area (Å²) < 4.78 is 0. The van der Waals surface area contributed by atoms with E-state index in [0.717, 1.165) is 35.2 Å². The molecule has 0 unspecified atom stereocenters. The maximum absolute atomic E-state index is 10.9. The Labute approximate surface area is 141 Å². The smallest absolute Gasteiger partial charge is 0.150 e. The lowest BCUT2D eigenvalue weighted by Gasteiger charge is -2.26. The first-order chi connectivity index (χ1) is 11.7. The Hall–Kier alpha value is -3.20. The molecule has 3 heteroatoms. The Morgan fingerprint density at radius 3 is 1.58 bits per heavy atom. The van der Waals surface area contributed by atoms with E-state index in [-0.39, 0.29) is 0 Å². The second-order valence-electron chi connectivity index (χ2n) is 5.59. The van der Waals surface area contributed by atoms with Crippen LogP contribution >= 0.6 is 0 Å². The molecule has 0 radical (unpaired) electrons. The molecule has 0 fully saturated rings. The van der Waals surface area contributed by atoms with Gasteiger partial charge in [-0.05, 0) is 73.2 Å². The third kappa shape index (κ3) is 3.25. The molecule has 0 heterocycles. The van der Waals surface area contributed by atoms with Gasteiger partial charge in [0.05, 0.1) is 0 Å². The third-order valence-electron chi connectivity index (χ3n) is 3.83. The van der Waals surface area contributed by atoms with E-state index in [4.69, 9.17) is 0 Å². The van der Waals surface area contributed by atoms with Crippen molar-refractivity contribution in [1.82, 2.24) is 0 Å². The zero-order chi connectivity index (χ0) is 16.9. The molecule has 0 amide bonds. The van der Waals surface area contributed by atoms with E-state index in [0.29, 0.717) is 11.1 Å². The highest BCUT2D eigenvalue weighted by molar-refractivity contribution is 5.82. The average Bonchev–Trinajstić information content (AvgIpc) is 2.63. The molecule has 0 aliphatic carbocycles. The number of aryl methyl sites for hydroxylation is 1. The summed E-state index contributed by atoms with van der Waals surface area (Å²) >= 11 is 0. The van der Waals surface area contributed by atoms with Crippen molar-refractivity contribution in [2.45, 2.75) is 6.92 Å². The molecular weight excluding hydrogens is 298 g/mol. The second-order valence-corrected chi connectivity index (χ2v) is 5.59. The number of aldehydes is 2. The van der Waals surface area contributed by atoms with Crippen molar-refractivity contribution in [1.29, 1.82) is 0 Å². The molecule has 3 rings (SSSR count). The second kappa shape index (κ2) is 6.92. The van der Waals surface area contributed by atoms with E-state index in [9.17, 15) is 9.59 Å². The van der Waals surface area contributed by atoms with Crippen LogP contribution in [0.15, 0.2) is 72.8 Å². The minimum absolute atomic E-state index is 0.638. The van der Waals surface area contributed by atoms with Crippen molar-refractivity contribution in [2.75, 3.05) is 4.90 Å². The summed E-state index contributed by atoms with van der Waals surface area (Å²) in [6.07, 6.45) is 1.67. The molecular formula is C21H17NO2. The number of carbonyl (C=O) groups excluding carboxylic acids is 2. The number of nitrogens with zero attached hydrogens (tertiary/aromatic N) is 1. The van der Waals surface area contributed by atoms with Crippen LogP contribution in [0.1, 0.15) is 26.3 Å². The number of carbonyl (C=O) groups is 2. The Morgan fingerprint density at radius 2 is 1.17 bits per heavy atom. The molecule has 0 aliphatic rings. The molecule has 3 aromatic rings. The molecule has 0 aromatic heterocycles. The van der Waals surface area contributed by atoms with E-state index in [1.165, 1.54) is 0 Å². The first kappa shape index (κ1) is 15.7. The van der Waals surface area contributed by atoms with E-state index in [1.807, 2.05) is 49.4 Å². The van der Waals surface area contributed by atoms with E-state index < -0.39 is 0 Å². The summed E-state index contributed by atoms with van der Waals surface area (Å²) in [5, 5.41) is 0. The van der Waals surface area contributed by atoms with Crippen molar-refractivity contribution in [3.63, 3.8) is 0 Å². The van der Waals surface area contributed by atoms with Gasteiger partial charge in [-0.25, -0.2) is 0 Å². The minimum atomic E-state index is 0.638. The highest BCUT2D eigenvalue weighted by Crippen LogP contribution is 2.34. The number of hydrogen-bond acceptors (Lipinski definition) is 3. The molecule has 118 valence electrons. The first-order valence-electron chi connectivity index (χ1n) is 7.68. The van der Waals surface area contributed by atoms with Crippen LogP contribution in [0, 0.1) is 6.92 Å². The van der Waals surface area contributed by atoms with Crippen LogP contribution in [-0.4, -0.2) is 12.6 Å². The SMILES string of the molecule is Cc1cccc(N(c2ccc(C=O)cc2)c2ccc(C=O)cc2)c1. The van der Waals surface area contributed by atoms with Crippen LogP contribution in [0.5, 0.6) is 0 Å². The summed E-state index contributed by atoms with van der Waals surface area (Å²) in [5.41, 5.74) is 5.35. The van der Waals surface area contributed by atoms with Crippen molar-refractivity contribution in [3.8, 4) is 0 Å². The van der Waals surface area contributed by atoms with Gasteiger partial charge >= 0.3 is 0 Å². The fourth-order valence-corrected chi connectivity index (χ4v) is 2.62. The normalized spacial score (nSPS) is 10.2. The minimum Gasteiger partial charge on any atom is -0.310 e. The fourth-order valence-electron chi connectivity index (χ4n) is 2.62. The summed E-state index contributed by atoms with van der Waals surface area (Å²) in [4.78, 5) is 23.9. The van der Waals surface area contributed by atoms with E-state index >= 15 is 0 Å². The third-order valence-corrected chi connectivity index (χ3v) is 3.83. The van der Waals surface area contributed by atoms with Crippen LogP contribution in [0.4, 0.5) is 17.1 Å². The molecule has 0 bridgehead atoms. The predicted octanol–water partition coefficient (Wildman–Crippen LogP) is 5.09. The predicted molar refractivity (Wildman–Crippen MR) is 96.6 cm³/mol.